The Morgan fingerprint density at radius 3 is 1.20 bits per heavy atom. The molecule has 5 heavy (non-hydrogen) atoms. The van der Waals surface area contributed by atoms with Crippen LogP contribution in [0.3, 0.4) is 0 Å². The second kappa shape index (κ2) is 8.82. The average molecular weight is 70.0 g/mol. The molecule has 0 aliphatic heterocycles. The monoisotopic (exact) mass is 70.1 g/mol. The van der Waals surface area contributed by atoms with E-state index >= 15 is 0 Å². The van der Waals surface area contributed by atoms with Gasteiger partial charge in [-0.1, -0.05) is 0 Å². The van der Waals surface area contributed by atoms with Gasteiger partial charge in [-0.15, -0.1) is 0 Å². The van der Waals surface area contributed by atoms with Crippen molar-refractivity contribution in [3.05, 3.63) is 0 Å². The van der Waals surface area contributed by atoms with Crippen molar-refractivity contribution in [1.82, 2.24) is 0 Å². The third-order valence-corrected chi connectivity index (χ3v) is 0.1000. The van der Waals surface area contributed by atoms with Crippen LogP contribution >= 0.6 is 0 Å². The molecule has 28 valence electrons. The predicted octanol–water partition coefficient (Wildman–Crippen LogP) is -1.68. The van der Waals surface area contributed by atoms with Crippen molar-refractivity contribution in [3.8, 4) is 0 Å². The van der Waals surface area contributed by atoms with E-state index in [-0.39, 0.29) is 32.1 Å². The van der Waals surface area contributed by atoms with E-state index in [2.05, 4.69) is 0 Å². The molecular weight excluding hydrogens is 63.0 g/mol. The van der Waals surface area contributed by atoms with Gasteiger partial charge in [-0.25, -0.2) is 0 Å². The molecule has 0 rings (SSSR count). The zero-order valence-electron chi connectivity index (χ0n) is 2.31. The molecule has 0 amide bonds. The molecule has 2 N–H and O–H groups in total. The standard InChI is InChI=1S/C2H6O2.Li.H/c3-1-2-4;;/h3-4H,1-2H2;;. The van der Waals surface area contributed by atoms with Gasteiger partial charge < -0.3 is 10.2 Å². The van der Waals surface area contributed by atoms with Crippen LogP contribution in [0.25, 0.3) is 0 Å². The van der Waals surface area contributed by atoms with Gasteiger partial charge in [0, 0.05) is 0 Å². The Morgan fingerprint density at radius 2 is 1.20 bits per heavy atom. The summed E-state index contributed by atoms with van der Waals surface area (Å²) in [4.78, 5) is 0. The molecule has 0 aliphatic rings. The normalized spacial score (nSPS) is 6.00. The zero-order valence-corrected chi connectivity index (χ0v) is 2.31. The summed E-state index contributed by atoms with van der Waals surface area (Å²) < 4.78 is 0. The molecule has 0 atom stereocenters. The number of aliphatic hydroxyl groups excluding tert-OH is 2. The molecule has 3 heteroatoms. The second-order valence-electron chi connectivity index (χ2n) is 0.447. The Hall–Kier alpha value is 0.517. The fourth-order valence-electron chi connectivity index (χ4n) is 0. The first-order chi connectivity index (χ1) is 1.91. The molecule has 0 saturated carbocycles. The SMILES string of the molecule is OCCO.[LiH]. The van der Waals surface area contributed by atoms with Crippen molar-refractivity contribution in [3.63, 3.8) is 0 Å². The predicted molar refractivity (Wildman–Crippen MR) is 21.3 cm³/mol. The van der Waals surface area contributed by atoms with Gasteiger partial charge in [0.1, 0.15) is 0 Å². The van der Waals surface area contributed by atoms with Crippen LogP contribution in [-0.2, 0) is 0 Å². The van der Waals surface area contributed by atoms with Gasteiger partial charge in [-0.05, 0) is 0 Å². The maximum atomic E-state index is 7.62. The molecule has 0 bridgehead atoms. The van der Waals surface area contributed by atoms with Gasteiger partial charge in [-0.3, -0.25) is 0 Å². The summed E-state index contributed by atoms with van der Waals surface area (Å²) in [5.41, 5.74) is 0. The van der Waals surface area contributed by atoms with Gasteiger partial charge in [0.05, 0.1) is 13.2 Å². The number of hydrogen-bond donors (Lipinski definition) is 2. The second-order valence-corrected chi connectivity index (χ2v) is 0.447. The van der Waals surface area contributed by atoms with Crippen LogP contribution in [0.2, 0.25) is 0 Å². The summed E-state index contributed by atoms with van der Waals surface area (Å²) in [7, 11) is 0. The third-order valence-electron chi connectivity index (χ3n) is 0.1000. The Bertz CT molecular complexity index is 9.61. The summed E-state index contributed by atoms with van der Waals surface area (Å²) >= 11 is 0. The summed E-state index contributed by atoms with van der Waals surface area (Å²) in [5.74, 6) is 0. The molecule has 0 fully saturated rings. The molecule has 0 saturated heterocycles. The van der Waals surface area contributed by atoms with Crippen LogP contribution in [-0.4, -0.2) is 42.3 Å². The third kappa shape index (κ3) is 12.4. The molecule has 0 heterocycles. The maximum absolute atomic E-state index is 7.62. The van der Waals surface area contributed by atoms with Gasteiger partial charge in [0.2, 0.25) is 0 Å². The van der Waals surface area contributed by atoms with Crippen LogP contribution in [0.5, 0.6) is 0 Å². The van der Waals surface area contributed by atoms with Crippen LogP contribution in [0.4, 0.5) is 0 Å². The Labute approximate surface area is 43.0 Å². The summed E-state index contributed by atoms with van der Waals surface area (Å²) in [6.45, 7) is -0.250. The quantitative estimate of drug-likeness (QED) is 0.362. The van der Waals surface area contributed by atoms with Crippen molar-refractivity contribution in [2.45, 2.75) is 0 Å². The number of hydrogen-bond acceptors (Lipinski definition) is 2. The number of aliphatic hydroxyl groups is 2. The average Bonchev–Trinajstić information content (AvgIpc) is 1.37. The minimum atomic E-state index is -0.125. The van der Waals surface area contributed by atoms with Crippen LogP contribution < -0.4 is 0 Å². The molecular formula is C2H7LiO2. The first kappa shape index (κ1) is 9.10. The molecule has 2 nitrogen and oxygen atoms in total. The Morgan fingerprint density at radius 1 is 1.00 bits per heavy atom. The van der Waals surface area contributed by atoms with Crippen LogP contribution in [0.1, 0.15) is 0 Å². The zero-order chi connectivity index (χ0) is 3.41. The fraction of sp³-hybridized carbons (Fsp3) is 1.00. The van der Waals surface area contributed by atoms with Crippen molar-refractivity contribution in [1.29, 1.82) is 0 Å². The van der Waals surface area contributed by atoms with Crippen molar-refractivity contribution < 1.29 is 10.2 Å². The van der Waals surface area contributed by atoms with Crippen molar-refractivity contribution >= 4 is 18.9 Å². The Balaban J connectivity index is 0. The first-order valence-electron chi connectivity index (χ1n) is 1.13. The van der Waals surface area contributed by atoms with Crippen molar-refractivity contribution in [2.24, 2.45) is 0 Å². The van der Waals surface area contributed by atoms with E-state index in [1.54, 1.807) is 0 Å². The topological polar surface area (TPSA) is 40.5 Å². The molecule has 0 unspecified atom stereocenters. The summed E-state index contributed by atoms with van der Waals surface area (Å²) in [6.07, 6.45) is 0. The molecule has 0 spiro atoms. The van der Waals surface area contributed by atoms with E-state index in [1.807, 2.05) is 0 Å². The van der Waals surface area contributed by atoms with Crippen LogP contribution in [0, 0.1) is 0 Å². The van der Waals surface area contributed by atoms with Crippen LogP contribution in [0.15, 0.2) is 0 Å². The van der Waals surface area contributed by atoms with Gasteiger partial charge in [0.15, 0.2) is 0 Å². The summed E-state index contributed by atoms with van der Waals surface area (Å²) in [5, 5.41) is 15.2. The van der Waals surface area contributed by atoms with Gasteiger partial charge >= 0.3 is 18.9 Å². The van der Waals surface area contributed by atoms with Crippen molar-refractivity contribution in [2.75, 3.05) is 13.2 Å². The molecule has 0 aromatic rings. The van der Waals surface area contributed by atoms with E-state index in [9.17, 15) is 0 Å². The van der Waals surface area contributed by atoms with Gasteiger partial charge in [0.25, 0.3) is 0 Å². The number of rotatable bonds is 1. The molecule has 0 radical (unpaired) electrons. The van der Waals surface area contributed by atoms with E-state index in [0.29, 0.717) is 0 Å². The molecule has 0 aromatic heterocycles. The van der Waals surface area contributed by atoms with E-state index in [1.165, 1.54) is 0 Å². The summed E-state index contributed by atoms with van der Waals surface area (Å²) in [6, 6.07) is 0. The van der Waals surface area contributed by atoms with E-state index in [0.717, 1.165) is 0 Å². The molecule has 0 aliphatic carbocycles. The molecule has 0 aromatic carbocycles. The first-order valence-corrected chi connectivity index (χ1v) is 1.13. The fourth-order valence-corrected chi connectivity index (χ4v) is 0. The Kier molecular flexibility index (Phi) is 16.1. The van der Waals surface area contributed by atoms with E-state index < -0.39 is 0 Å². The minimum absolute atomic E-state index is 0. The van der Waals surface area contributed by atoms with Gasteiger partial charge in [-0.2, -0.15) is 0 Å². The van der Waals surface area contributed by atoms with E-state index in [4.69, 9.17) is 10.2 Å².